The Labute approximate surface area is 85.0 Å². The quantitative estimate of drug-likeness (QED) is 0.622. The summed E-state index contributed by atoms with van der Waals surface area (Å²) >= 11 is 0. The third-order valence-electron chi connectivity index (χ3n) is 3.32. The summed E-state index contributed by atoms with van der Waals surface area (Å²) in [5.74, 6) is 0.596. The van der Waals surface area contributed by atoms with Crippen molar-refractivity contribution in [3.8, 4) is 0 Å². The minimum Gasteiger partial charge on any atom is -0.341 e. The zero-order valence-electron chi connectivity index (χ0n) is 8.75. The standard InChI is InChI=1S/C10H19N3O/c1-11-9-3-5-13(7-9)10(14)8-2-4-12-6-8/h8-9,11-12H,2-7H2,1H3/t8-,9?/m1/s1. The number of likely N-dealkylation sites (N-methyl/N-ethyl adjacent to an activating group) is 1. The van der Waals surface area contributed by atoms with E-state index in [0.717, 1.165) is 39.0 Å². The van der Waals surface area contributed by atoms with Gasteiger partial charge < -0.3 is 15.5 Å². The van der Waals surface area contributed by atoms with E-state index in [2.05, 4.69) is 10.6 Å². The highest BCUT2D eigenvalue weighted by atomic mass is 16.2. The Morgan fingerprint density at radius 1 is 1.50 bits per heavy atom. The van der Waals surface area contributed by atoms with Crippen LogP contribution in [0.3, 0.4) is 0 Å². The average Bonchev–Trinajstić information content (AvgIpc) is 2.88. The summed E-state index contributed by atoms with van der Waals surface area (Å²) in [5, 5.41) is 6.47. The van der Waals surface area contributed by atoms with Gasteiger partial charge in [-0.2, -0.15) is 0 Å². The molecule has 2 rings (SSSR count). The first kappa shape index (κ1) is 9.93. The summed E-state index contributed by atoms with van der Waals surface area (Å²) in [6.07, 6.45) is 2.11. The van der Waals surface area contributed by atoms with Crippen molar-refractivity contribution in [3.63, 3.8) is 0 Å². The summed E-state index contributed by atoms with van der Waals surface area (Å²) in [6.45, 7) is 3.70. The lowest BCUT2D eigenvalue weighted by molar-refractivity contribution is -0.133. The van der Waals surface area contributed by atoms with E-state index >= 15 is 0 Å². The molecule has 4 heteroatoms. The Balaban J connectivity index is 1.86. The van der Waals surface area contributed by atoms with Gasteiger partial charge in [-0.3, -0.25) is 4.79 Å². The summed E-state index contributed by atoms with van der Waals surface area (Å²) in [6, 6.07) is 0.508. The topological polar surface area (TPSA) is 44.4 Å². The van der Waals surface area contributed by atoms with Gasteiger partial charge in [0.1, 0.15) is 0 Å². The molecule has 0 saturated carbocycles. The maximum absolute atomic E-state index is 12.0. The molecule has 0 radical (unpaired) electrons. The van der Waals surface area contributed by atoms with E-state index in [1.807, 2.05) is 11.9 Å². The Morgan fingerprint density at radius 2 is 2.36 bits per heavy atom. The lowest BCUT2D eigenvalue weighted by Crippen LogP contribution is -2.37. The number of amides is 1. The van der Waals surface area contributed by atoms with Crippen LogP contribution < -0.4 is 10.6 Å². The maximum Gasteiger partial charge on any atom is 0.227 e. The molecule has 0 aromatic rings. The molecule has 2 fully saturated rings. The van der Waals surface area contributed by atoms with Crippen molar-refractivity contribution in [3.05, 3.63) is 0 Å². The second-order valence-electron chi connectivity index (χ2n) is 4.25. The van der Waals surface area contributed by atoms with Crippen molar-refractivity contribution in [2.45, 2.75) is 18.9 Å². The Morgan fingerprint density at radius 3 is 2.93 bits per heavy atom. The molecule has 2 atom stereocenters. The molecule has 1 unspecified atom stereocenters. The van der Waals surface area contributed by atoms with Gasteiger partial charge in [0, 0.05) is 25.7 Å². The van der Waals surface area contributed by atoms with Crippen LogP contribution in [0.5, 0.6) is 0 Å². The molecule has 4 nitrogen and oxygen atoms in total. The van der Waals surface area contributed by atoms with Crippen molar-refractivity contribution >= 4 is 5.91 Å². The highest BCUT2D eigenvalue weighted by Crippen LogP contribution is 2.16. The number of nitrogens with zero attached hydrogens (tertiary/aromatic N) is 1. The first-order valence-electron chi connectivity index (χ1n) is 5.48. The van der Waals surface area contributed by atoms with Crippen LogP contribution in [0.4, 0.5) is 0 Å². The van der Waals surface area contributed by atoms with Gasteiger partial charge in [0.15, 0.2) is 0 Å². The molecule has 2 N–H and O–H groups in total. The van der Waals surface area contributed by atoms with Gasteiger partial charge in [-0.25, -0.2) is 0 Å². The maximum atomic E-state index is 12.0. The third kappa shape index (κ3) is 1.91. The molecule has 0 aromatic heterocycles. The van der Waals surface area contributed by atoms with Crippen molar-refractivity contribution in [1.82, 2.24) is 15.5 Å². The number of rotatable bonds is 2. The molecule has 2 aliphatic rings. The second kappa shape index (κ2) is 4.28. The van der Waals surface area contributed by atoms with Crippen LogP contribution in [0, 0.1) is 5.92 Å². The van der Waals surface area contributed by atoms with Crippen LogP contribution in [-0.2, 0) is 4.79 Å². The summed E-state index contributed by atoms with van der Waals surface area (Å²) < 4.78 is 0. The zero-order chi connectivity index (χ0) is 9.97. The van der Waals surface area contributed by atoms with Crippen LogP contribution in [-0.4, -0.2) is 50.1 Å². The Bertz CT molecular complexity index is 213. The van der Waals surface area contributed by atoms with Gasteiger partial charge in [-0.1, -0.05) is 0 Å². The molecule has 0 aliphatic carbocycles. The van der Waals surface area contributed by atoms with Crippen LogP contribution in [0.25, 0.3) is 0 Å². The van der Waals surface area contributed by atoms with E-state index in [4.69, 9.17) is 0 Å². The fraction of sp³-hybridized carbons (Fsp3) is 0.900. The van der Waals surface area contributed by atoms with Crippen molar-refractivity contribution in [2.24, 2.45) is 5.92 Å². The van der Waals surface area contributed by atoms with Crippen LogP contribution in [0.1, 0.15) is 12.8 Å². The molecule has 2 saturated heterocycles. The lowest BCUT2D eigenvalue weighted by Gasteiger charge is -2.19. The molecule has 0 aromatic carbocycles. The van der Waals surface area contributed by atoms with Crippen molar-refractivity contribution in [2.75, 3.05) is 33.2 Å². The fourth-order valence-corrected chi connectivity index (χ4v) is 2.32. The van der Waals surface area contributed by atoms with Crippen LogP contribution in [0.2, 0.25) is 0 Å². The molecule has 0 spiro atoms. The molecule has 14 heavy (non-hydrogen) atoms. The van der Waals surface area contributed by atoms with Gasteiger partial charge in [0.05, 0.1) is 5.92 Å². The minimum absolute atomic E-state index is 0.241. The van der Waals surface area contributed by atoms with Crippen molar-refractivity contribution in [1.29, 1.82) is 0 Å². The number of likely N-dealkylation sites (tertiary alicyclic amines) is 1. The van der Waals surface area contributed by atoms with E-state index < -0.39 is 0 Å². The van der Waals surface area contributed by atoms with E-state index in [1.54, 1.807) is 0 Å². The third-order valence-corrected chi connectivity index (χ3v) is 3.32. The highest BCUT2D eigenvalue weighted by Gasteiger charge is 2.31. The van der Waals surface area contributed by atoms with Gasteiger partial charge in [-0.05, 0) is 26.4 Å². The number of hydrogen-bond acceptors (Lipinski definition) is 3. The summed E-state index contributed by atoms with van der Waals surface area (Å²) in [5.41, 5.74) is 0. The molecule has 80 valence electrons. The minimum atomic E-state index is 0.241. The van der Waals surface area contributed by atoms with E-state index in [9.17, 15) is 4.79 Å². The number of nitrogens with one attached hydrogen (secondary N) is 2. The number of hydrogen-bond donors (Lipinski definition) is 2. The average molecular weight is 197 g/mol. The van der Waals surface area contributed by atoms with Gasteiger partial charge in [-0.15, -0.1) is 0 Å². The Hall–Kier alpha value is -0.610. The lowest BCUT2D eigenvalue weighted by atomic mass is 10.1. The predicted octanol–water partition coefficient (Wildman–Crippen LogP) is -0.584. The molecule has 1 amide bonds. The summed E-state index contributed by atoms with van der Waals surface area (Å²) in [7, 11) is 1.97. The first-order valence-corrected chi connectivity index (χ1v) is 5.48. The second-order valence-corrected chi connectivity index (χ2v) is 4.25. The van der Waals surface area contributed by atoms with E-state index in [0.29, 0.717) is 11.9 Å². The normalized spacial score (nSPS) is 32.5. The van der Waals surface area contributed by atoms with Gasteiger partial charge in [0.25, 0.3) is 0 Å². The molecular weight excluding hydrogens is 178 g/mol. The number of carbonyl (C=O) groups excluding carboxylic acids is 1. The molecule has 0 bridgehead atoms. The molecular formula is C10H19N3O. The van der Waals surface area contributed by atoms with Crippen LogP contribution in [0.15, 0.2) is 0 Å². The SMILES string of the molecule is CNC1CCN(C(=O)[C@@H]2CCNC2)C1. The smallest absolute Gasteiger partial charge is 0.227 e. The van der Waals surface area contributed by atoms with Crippen LogP contribution >= 0.6 is 0 Å². The highest BCUT2D eigenvalue weighted by molar-refractivity contribution is 5.79. The van der Waals surface area contributed by atoms with Crippen molar-refractivity contribution < 1.29 is 4.79 Å². The zero-order valence-corrected chi connectivity index (χ0v) is 8.75. The predicted molar refractivity (Wildman–Crippen MR) is 55.0 cm³/mol. The van der Waals surface area contributed by atoms with Gasteiger partial charge >= 0.3 is 0 Å². The monoisotopic (exact) mass is 197 g/mol. The number of carbonyl (C=O) groups is 1. The van der Waals surface area contributed by atoms with E-state index in [1.165, 1.54) is 0 Å². The largest absolute Gasteiger partial charge is 0.341 e. The first-order chi connectivity index (χ1) is 6.81. The van der Waals surface area contributed by atoms with Gasteiger partial charge in [0.2, 0.25) is 5.91 Å². The fourth-order valence-electron chi connectivity index (χ4n) is 2.32. The molecule has 2 heterocycles. The molecule has 2 aliphatic heterocycles. The Kier molecular flexibility index (Phi) is 3.03. The summed E-state index contributed by atoms with van der Waals surface area (Å²) in [4.78, 5) is 14.0. The van der Waals surface area contributed by atoms with E-state index in [-0.39, 0.29) is 5.92 Å².